The largest absolute Gasteiger partial charge is 0.457 e. The molecule has 0 amide bonds. The third-order valence-corrected chi connectivity index (χ3v) is 5.37. The van der Waals surface area contributed by atoms with Crippen LogP contribution in [0.15, 0.2) is 41.7 Å². The van der Waals surface area contributed by atoms with Gasteiger partial charge in [-0.25, -0.2) is 14.8 Å². The standard InChI is InChI=1S/C24H29N3O6/c1-4-18(12-28)33-21(13-32-24(31)16-8-6-5-7-9-16)27-14-25-22-20(30)11-17(26-23(22)27)10-19(29)15(2)3/h5-9,14-15,18,21,28H,4,10-13H2,1-3H3/t18-,21-/m1/s1. The van der Waals surface area contributed by atoms with Crippen molar-refractivity contribution in [2.75, 3.05) is 13.2 Å². The number of hydrogen-bond acceptors (Lipinski definition) is 8. The monoisotopic (exact) mass is 455 g/mol. The molecular formula is C24H29N3O6. The Morgan fingerprint density at radius 3 is 2.58 bits per heavy atom. The summed E-state index contributed by atoms with van der Waals surface area (Å²) in [6.45, 7) is 5.04. The van der Waals surface area contributed by atoms with Crippen molar-refractivity contribution in [1.29, 1.82) is 0 Å². The summed E-state index contributed by atoms with van der Waals surface area (Å²) >= 11 is 0. The molecule has 0 aliphatic carbocycles. The van der Waals surface area contributed by atoms with Gasteiger partial charge in [-0.15, -0.1) is 0 Å². The quantitative estimate of drug-likeness (QED) is 0.516. The zero-order valence-corrected chi connectivity index (χ0v) is 19.1. The fourth-order valence-corrected chi connectivity index (χ4v) is 3.32. The highest BCUT2D eigenvalue weighted by molar-refractivity contribution is 6.18. The van der Waals surface area contributed by atoms with E-state index in [4.69, 9.17) is 9.47 Å². The maximum absolute atomic E-state index is 12.6. The van der Waals surface area contributed by atoms with Crippen LogP contribution in [0.5, 0.6) is 0 Å². The summed E-state index contributed by atoms with van der Waals surface area (Å²) in [5.74, 6) is -0.687. The van der Waals surface area contributed by atoms with Gasteiger partial charge in [0.1, 0.15) is 12.4 Å². The minimum atomic E-state index is -0.872. The predicted molar refractivity (Wildman–Crippen MR) is 121 cm³/mol. The lowest BCUT2D eigenvalue weighted by Gasteiger charge is -2.25. The Morgan fingerprint density at radius 2 is 1.94 bits per heavy atom. The predicted octanol–water partition coefficient (Wildman–Crippen LogP) is 3.30. The molecule has 33 heavy (non-hydrogen) atoms. The van der Waals surface area contributed by atoms with Crippen molar-refractivity contribution in [2.45, 2.75) is 52.4 Å². The molecule has 2 heterocycles. The van der Waals surface area contributed by atoms with E-state index >= 15 is 0 Å². The minimum absolute atomic E-state index is 0.00742. The summed E-state index contributed by atoms with van der Waals surface area (Å²) in [6, 6.07) is 8.54. The summed E-state index contributed by atoms with van der Waals surface area (Å²) in [7, 11) is 0. The van der Waals surface area contributed by atoms with E-state index in [9.17, 15) is 19.5 Å². The second-order valence-electron chi connectivity index (χ2n) is 8.17. The van der Waals surface area contributed by atoms with Crippen LogP contribution in [0.3, 0.4) is 0 Å². The summed E-state index contributed by atoms with van der Waals surface area (Å²) in [4.78, 5) is 46.0. The van der Waals surface area contributed by atoms with E-state index in [-0.39, 0.29) is 55.1 Å². The Bertz CT molecular complexity index is 1020. The van der Waals surface area contributed by atoms with E-state index in [2.05, 4.69) is 9.98 Å². The summed E-state index contributed by atoms with van der Waals surface area (Å²) in [5.41, 5.74) is 1.03. The van der Waals surface area contributed by atoms with Crippen LogP contribution in [-0.4, -0.2) is 57.2 Å². The first kappa shape index (κ1) is 24.5. The lowest BCUT2D eigenvalue weighted by Crippen LogP contribution is -2.28. The fourth-order valence-electron chi connectivity index (χ4n) is 3.32. The fraction of sp³-hybridized carbons (Fsp3) is 0.458. The van der Waals surface area contributed by atoms with Gasteiger partial charge in [-0.2, -0.15) is 0 Å². The van der Waals surface area contributed by atoms with Crippen molar-refractivity contribution in [3.05, 3.63) is 47.9 Å². The highest BCUT2D eigenvalue weighted by Crippen LogP contribution is 2.30. The zero-order chi connectivity index (χ0) is 24.0. The van der Waals surface area contributed by atoms with Crippen LogP contribution in [0.25, 0.3) is 0 Å². The van der Waals surface area contributed by atoms with Gasteiger partial charge >= 0.3 is 5.97 Å². The number of benzene rings is 1. The second kappa shape index (κ2) is 11.1. The topological polar surface area (TPSA) is 120 Å². The van der Waals surface area contributed by atoms with Gasteiger partial charge in [0.15, 0.2) is 23.5 Å². The molecule has 0 bridgehead atoms. The van der Waals surface area contributed by atoms with E-state index in [1.807, 2.05) is 6.92 Å². The zero-order valence-electron chi connectivity index (χ0n) is 19.1. The van der Waals surface area contributed by atoms with Gasteiger partial charge in [0, 0.05) is 18.1 Å². The lowest BCUT2D eigenvalue weighted by atomic mass is 9.98. The number of carbonyl (C=O) groups is 3. The third-order valence-electron chi connectivity index (χ3n) is 5.37. The van der Waals surface area contributed by atoms with E-state index < -0.39 is 18.3 Å². The molecule has 0 saturated heterocycles. The molecule has 9 nitrogen and oxygen atoms in total. The van der Waals surface area contributed by atoms with Gasteiger partial charge in [-0.1, -0.05) is 39.0 Å². The van der Waals surface area contributed by atoms with Crippen LogP contribution in [0.2, 0.25) is 0 Å². The van der Waals surface area contributed by atoms with Crippen molar-refractivity contribution in [2.24, 2.45) is 10.9 Å². The molecule has 0 unspecified atom stereocenters. The number of aliphatic imine (C=N–C) groups is 1. The number of Topliss-reactive ketones (excluding diaryl/α,β-unsaturated/α-hetero) is 2. The number of ether oxygens (including phenoxy) is 2. The summed E-state index contributed by atoms with van der Waals surface area (Å²) < 4.78 is 13.0. The molecule has 3 rings (SSSR count). The van der Waals surface area contributed by atoms with Gasteiger partial charge in [-0.05, 0) is 18.6 Å². The Hall–Kier alpha value is -3.17. The minimum Gasteiger partial charge on any atom is -0.457 e. The Labute approximate surface area is 192 Å². The number of imidazole rings is 1. The molecule has 176 valence electrons. The molecule has 2 aromatic rings. The molecule has 0 saturated carbocycles. The number of hydrogen-bond donors (Lipinski definition) is 1. The SMILES string of the molecule is CC[C@H](CO)O[C@H](COC(=O)c1ccccc1)n1cnc2c1N=C(CC(=O)C(C)C)CC2=O. The maximum atomic E-state index is 12.6. The number of aromatic nitrogens is 2. The van der Waals surface area contributed by atoms with Crippen LogP contribution in [0.4, 0.5) is 5.82 Å². The van der Waals surface area contributed by atoms with Crippen molar-refractivity contribution < 1.29 is 29.0 Å². The first-order chi connectivity index (χ1) is 15.8. The van der Waals surface area contributed by atoms with Gasteiger partial charge in [0.05, 0.1) is 31.0 Å². The molecule has 1 aromatic heterocycles. The van der Waals surface area contributed by atoms with E-state index in [0.717, 1.165) is 0 Å². The normalized spacial score (nSPS) is 15.1. The second-order valence-corrected chi connectivity index (χ2v) is 8.17. The molecule has 2 atom stereocenters. The van der Waals surface area contributed by atoms with Crippen molar-refractivity contribution in [3.63, 3.8) is 0 Å². The molecule has 1 N–H and O–H groups in total. The van der Waals surface area contributed by atoms with Gasteiger partial charge < -0.3 is 14.6 Å². The Balaban J connectivity index is 1.88. The molecule has 1 aliphatic heterocycles. The van der Waals surface area contributed by atoms with E-state index in [1.165, 1.54) is 10.9 Å². The van der Waals surface area contributed by atoms with Gasteiger partial charge in [-0.3, -0.25) is 14.2 Å². The van der Waals surface area contributed by atoms with Gasteiger partial charge in [0.25, 0.3) is 0 Å². The molecule has 0 spiro atoms. The third kappa shape index (κ3) is 6.00. The molecular weight excluding hydrogens is 426 g/mol. The molecule has 0 radical (unpaired) electrons. The Kier molecular flexibility index (Phi) is 8.24. The number of ketones is 2. The summed E-state index contributed by atoms with van der Waals surface area (Å²) in [5, 5.41) is 9.62. The average Bonchev–Trinajstić information content (AvgIpc) is 3.24. The number of esters is 1. The van der Waals surface area contributed by atoms with Gasteiger partial charge in [0.2, 0.25) is 0 Å². The number of aliphatic hydroxyl groups excluding tert-OH is 1. The number of nitrogens with zero attached hydrogens (tertiary/aromatic N) is 3. The first-order valence-electron chi connectivity index (χ1n) is 11.0. The molecule has 1 aromatic carbocycles. The highest BCUT2D eigenvalue weighted by atomic mass is 16.6. The average molecular weight is 456 g/mol. The van der Waals surface area contributed by atoms with Crippen molar-refractivity contribution >= 4 is 29.1 Å². The van der Waals surface area contributed by atoms with Crippen LogP contribution in [0, 0.1) is 5.92 Å². The highest BCUT2D eigenvalue weighted by Gasteiger charge is 2.30. The Morgan fingerprint density at radius 1 is 1.21 bits per heavy atom. The number of rotatable bonds is 11. The van der Waals surface area contributed by atoms with Crippen LogP contribution >= 0.6 is 0 Å². The maximum Gasteiger partial charge on any atom is 0.338 e. The molecule has 0 fully saturated rings. The van der Waals surface area contributed by atoms with Crippen LogP contribution in [-0.2, 0) is 14.3 Å². The van der Waals surface area contributed by atoms with E-state index in [1.54, 1.807) is 44.2 Å². The van der Waals surface area contributed by atoms with Crippen LogP contribution < -0.4 is 0 Å². The van der Waals surface area contributed by atoms with Crippen LogP contribution in [0.1, 0.15) is 67.1 Å². The number of carbonyl (C=O) groups excluding carboxylic acids is 3. The number of aliphatic hydroxyl groups is 1. The first-order valence-corrected chi connectivity index (χ1v) is 11.0. The molecule has 1 aliphatic rings. The van der Waals surface area contributed by atoms with Crippen molar-refractivity contribution in [3.8, 4) is 0 Å². The smallest absolute Gasteiger partial charge is 0.338 e. The summed E-state index contributed by atoms with van der Waals surface area (Å²) in [6.07, 6.45) is 0.649. The number of fused-ring (bicyclic) bond motifs is 1. The van der Waals surface area contributed by atoms with Crippen molar-refractivity contribution in [1.82, 2.24) is 9.55 Å². The molecule has 9 heteroatoms. The van der Waals surface area contributed by atoms with E-state index in [0.29, 0.717) is 17.7 Å². The lowest BCUT2D eigenvalue weighted by molar-refractivity contribution is -0.120.